The smallest absolute Gasteiger partial charge is 0.317 e. The molecule has 0 aromatic carbocycles. The molecule has 4 nitrogen and oxygen atoms in total. The summed E-state index contributed by atoms with van der Waals surface area (Å²) in [5, 5.41) is 12.1. The van der Waals surface area contributed by atoms with Gasteiger partial charge in [-0.1, -0.05) is 13.8 Å². The summed E-state index contributed by atoms with van der Waals surface area (Å²) in [6.07, 6.45) is 2.23. The van der Waals surface area contributed by atoms with Crippen LogP contribution in [0.4, 0.5) is 0 Å². The van der Waals surface area contributed by atoms with E-state index in [1.165, 1.54) is 6.42 Å². The molecule has 0 amide bonds. The normalized spacial score (nSPS) is 24.7. The highest BCUT2D eigenvalue weighted by Gasteiger charge is 2.33. The maximum absolute atomic E-state index is 10.5. The van der Waals surface area contributed by atoms with Crippen LogP contribution in [-0.4, -0.2) is 48.7 Å². The highest BCUT2D eigenvalue weighted by Crippen LogP contribution is 2.31. The molecule has 0 aliphatic carbocycles. The highest BCUT2D eigenvalue weighted by atomic mass is 16.4. The van der Waals surface area contributed by atoms with Crippen LogP contribution in [-0.2, 0) is 4.79 Å². The summed E-state index contributed by atoms with van der Waals surface area (Å²) in [6, 6.07) is 0.522. The van der Waals surface area contributed by atoms with Gasteiger partial charge < -0.3 is 10.4 Å². The van der Waals surface area contributed by atoms with Gasteiger partial charge in [-0.25, -0.2) is 0 Å². The van der Waals surface area contributed by atoms with Crippen LogP contribution >= 0.6 is 0 Å². The largest absolute Gasteiger partial charge is 0.480 e. The fourth-order valence-corrected chi connectivity index (χ4v) is 2.17. The van der Waals surface area contributed by atoms with Crippen molar-refractivity contribution in [2.24, 2.45) is 5.41 Å². The molecular weight excluding hydrogens is 192 g/mol. The SMILES string of the molecule is CN(CCC1NCCC1(C)C)CC(=O)O. The molecule has 1 unspecified atom stereocenters. The molecule has 0 bridgehead atoms. The van der Waals surface area contributed by atoms with Crippen LogP contribution < -0.4 is 5.32 Å². The van der Waals surface area contributed by atoms with Crippen molar-refractivity contribution >= 4 is 5.97 Å². The Morgan fingerprint density at radius 3 is 2.73 bits per heavy atom. The van der Waals surface area contributed by atoms with Crippen molar-refractivity contribution in [2.75, 3.05) is 26.7 Å². The molecule has 1 aliphatic heterocycles. The first-order valence-corrected chi connectivity index (χ1v) is 5.55. The molecule has 1 saturated heterocycles. The Bertz CT molecular complexity index is 229. The predicted octanol–water partition coefficient (Wildman–Crippen LogP) is 0.781. The van der Waals surface area contributed by atoms with E-state index in [1.807, 2.05) is 11.9 Å². The lowest BCUT2D eigenvalue weighted by Crippen LogP contribution is -2.37. The van der Waals surface area contributed by atoms with Crippen LogP contribution in [0.1, 0.15) is 26.7 Å². The van der Waals surface area contributed by atoms with E-state index in [-0.39, 0.29) is 6.54 Å². The number of carbonyl (C=O) groups is 1. The van der Waals surface area contributed by atoms with Gasteiger partial charge in [-0.05, 0) is 38.4 Å². The second-order valence-corrected chi connectivity index (χ2v) is 5.17. The quantitative estimate of drug-likeness (QED) is 0.710. The topological polar surface area (TPSA) is 52.6 Å². The molecule has 2 N–H and O–H groups in total. The van der Waals surface area contributed by atoms with E-state index < -0.39 is 5.97 Å². The monoisotopic (exact) mass is 214 g/mol. The van der Waals surface area contributed by atoms with E-state index in [0.29, 0.717) is 11.5 Å². The predicted molar refractivity (Wildman–Crippen MR) is 59.9 cm³/mol. The number of carboxylic acid groups (broad SMARTS) is 1. The summed E-state index contributed by atoms with van der Waals surface area (Å²) in [5.41, 5.74) is 0.351. The summed E-state index contributed by atoms with van der Waals surface area (Å²) in [4.78, 5) is 12.3. The van der Waals surface area contributed by atoms with Crippen molar-refractivity contribution in [1.82, 2.24) is 10.2 Å². The van der Waals surface area contributed by atoms with Gasteiger partial charge in [0.2, 0.25) is 0 Å². The molecule has 1 fully saturated rings. The van der Waals surface area contributed by atoms with Crippen LogP contribution in [0.2, 0.25) is 0 Å². The van der Waals surface area contributed by atoms with E-state index >= 15 is 0 Å². The Morgan fingerprint density at radius 1 is 1.60 bits per heavy atom. The number of aliphatic carboxylic acids is 1. The Kier molecular flexibility index (Phi) is 4.11. The zero-order valence-electron chi connectivity index (χ0n) is 9.92. The average Bonchev–Trinajstić information content (AvgIpc) is 2.40. The van der Waals surface area contributed by atoms with Crippen LogP contribution in [0.15, 0.2) is 0 Å². The summed E-state index contributed by atoms with van der Waals surface area (Å²) < 4.78 is 0. The third kappa shape index (κ3) is 3.80. The molecule has 4 heteroatoms. The van der Waals surface area contributed by atoms with Crippen molar-refractivity contribution in [2.45, 2.75) is 32.7 Å². The number of hydrogen-bond acceptors (Lipinski definition) is 3. The number of likely N-dealkylation sites (N-methyl/N-ethyl adjacent to an activating group) is 1. The van der Waals surface area contributed by atoms with E-state index in [9.17, 15) is 4.79 Å². The molecule has 1 aliphatic rings. The molecule has 0 saturated carbocycles. The lowest BCUT2D eigenvalue weighted by atomic mass is 9.83. The van der Waals surface area contributed by atoms with E-state index in [2.05, 4.69) is 19.2 Å². The minimum absolute atomic E-state index is 0.132. The number of hydrogen-bond donors (Lipinski definition) is 2. The Hall–Kier alpha value is -0.610. The van der Waals surface area contributed by atoms with E-state index in [1.54, 1.807) is 0 Å². The van der Waals surface area contributed by atoms with Gasteiger partial charge in [-0.15, -0.1) is 0 Å². The fourth-order valence-electron chi connectivity index (χ4n) is 2.17. The number of nitrogens with zero attached hydrogens (tertiary/aromatic N) is 1. The average molecular weight is 214 g/mol. The number of nitrogens with one attached hydrogen (secondary N) is 1. The first-order valence-electron chi connectivity index (χ1n) is 5.55. The van der Waals surface area contributed by atoms with Crippen molar-refractivity contribution < 1.29 is 9.90 Å². The van der Waals surface area contributed by atoms with Crippen LogP contribution in [0.25, 0.3) is 0 Å². The fraction of sp³-hybridized carbons (Fsp3) is 0.909. The molecule has 0 spiro atoms. The standard InChI is InChI=1S/C11H22N2O2/c1-11(2)5-6-12-9(11)4-7-13(3)8-10(14)15/h9,12H,4-8H2,1-3H3,(H,14,15). The minimum atomic E-state index is -0.754. The van der Waals surface area contributed by atoms with Crippen molar-refractivity contribution in [1.29, 1.82) is 0 Å². The summed E-state index contributed by atoms with van der Waals surface area (Å²) >= 11 is 0. The molecule has 1 atom stereocenters. The van der Waals surface area contributed by atoms with Gasteiger partial charge in [0, 0.05) is 6.04 Å². The molecule has 1 rings (SSSR count). The summed E-state index contributed by atoms with van der Waals surface area (Å²) in [5.74, 6) is -0.754. The maximum Gasteiger partial charge on any atom is 0.317 e. The van der Waals surface area contributed by atoms with Gasteiger partial charge in [0.15, 0.2) is 0 Å². The Morgan fingerprint density at radius 2 is 2.27 bits per heavy atom. The minimum Gasteiger partial charge on any atom is -0.480 e. The first-order chi connectivity index (χ1) is 6.92. The molecule has 88 valence electrons. The van der Waals surface area contributed by atoms with Crippen LogP contribution in [0, 0.1) is 5.41 Å². The van der Waals surface area contributed by atoms with Crippen LogP contribution in [0.3, 0.4) is 0 Å². The third-order valence-electron chi connectivity index (χ3n) is 3.31. The summed E-state index contributed by atoms with van der Waals surface area (Å²) in [6.45, 7) is 6.60. The molecule has 1 heterocycles. The van der Waals surface area contributed by atoms with Gasteiger partial charge in [0.25, 0.3) is 0 Å². The van der Waals surface area contributed by atoms with Crippen molar-refractivity contribution in [3.63, 3.8) is 0 Å². The second-order valence-electron chi connectivity index (χ2n) is 5.17. The summed E-state index contributed by atoms with van der Waals surface area (Å²) in [7, 11) is 1.86. The van der Waals surface area contributed by atoms with Gasteiger partial charge in [0.1, 0.15) is 0 Å². The van der Waals surface area contributed by atoms with Gasteiger partial charge in [-0.3, -0.25) is 9.69 Å². The number of carboxylic acids is 1. The maximum atomic E-state index is 10.5. The molecular formula is C11H22N2O2. The lowest BCUT2D eigenvalue weighted by Gasteiger charge is -2.28. The van der Waals surface area contributed by atoms with E-state index in [4.69, 9.17) is 5.11 Å². The molecule has 0 radical (unpaired) electrons. The zero-order chi connectivity index (χ0) is 11.5. The molecule has 0 aromatic rings. The van der Waals surface area contributed by atoms with Crippen LogP contribution in [0.5, 0.6) is 0 Å². The lowest BCUT2D eigenvalue weighted by molar-refractivity contribution is -0.138. The Labute approximate surface area is 91.6 Å². The van der Waals surface area contributed by atoms with E-state index in [0.717, 1.165) is 19.5 Å². The third-order valence-corrected chi connectivity index (χ3v) is 3.31. The van der Waals surface area contributed by atoms with Crippen molar-refractivity contribution in [3.05, 3.63) is 0 Å². The highest BCUT2D eigenvalue weighted by molar-refractivity contribution is 5.68. The zero-order valence-corrected chi connectivity index (χ0v) is 9.92. The van der Waals surface area contributed by atoms with Gasteiger partial charge in [0.05, 0.1) is 6.54 Å². The molecule has 15 heavy (non-hydrogen) atoms. The first kappa shape index (κ1) is 12.5. The van der Waals surface area contributed by atoms with Gasteiger partial charge in [-0.2, -0.15) is 0 Å². The number of rotatable bonds is 5. The van der Waals surface area contributed by atoms with Gasteiger partial charge >= 0.3 is 5.97 Å². The molecule has 0 aromatic heterocycles. The second kappa shape index (κ2) is 4.94. The Balaban J connectivity index is 2.27. The van der Waals surface area contributed by atoms with Crippen molar-refractivity contribution in [3.8, 4) is 0 Å².